The average molecular weight is 469 g/mol. The first kappa shape index (κ1) is 24.3. The summed E-state index contributed by atoms with van der Waals surface area (Å²) in [6.45, 7) is 15.8. The van der Waals surface area contributed by atoms with Crippen LogP contribution >= 0.6 is 0 Å². The van der Waals surface area contributed by atoms with Crippen LogP contribution in [0.4, 0.5) is 0 Å². The zero-order chi connectivity index (χ0) is 25.1. The van der Waals surface area contributed by atoms with Crippen LogP contribution < -0.4 is 0 Å². The van der Waals surface area contributed by atoms with Crippen molar-refractivity contribution in [1.82, 2.24) is 0 Å². The van der Waals surface area contributed by atoms with Crippen molar-refractivity contribution in [1.29, 1.82) is 0 Å². The molecule has 2 N–H and O–H groups in total. The molecule has 5 aliphatic rings. The molecule has 0 saturated heterocycles. The van der Waals surface area contributed by atoms with E-state index in [1.54, 1.807) is 0 Å². The topological polar surface area (TPSA) is 74.6 Å². The summed E-state index contributed by atoms with van der Waals surface area (Å²) in [6, 6.07) is 0. The molecule has 7 unspecified atom stereocenters. The van der Waals surface area contributed by atoms with Gasteiger partial charge in [0.05, 0.1) is 11.5 Å². The van der Waals surface area contributed by atoms with Crippen LogP contribution in [0.5, 0.6) is 0 Å². The van der Waals surface area contributed by atoms with E-state index in [0.29, 0.717) is 43.3 Å². The quantitative estimate of drug-likeness (QED) is 0.471. The lowest BCUT2D eigenvalue weighted by Gasteiger charge is -2.68. The van der Waals surface area contributed by atoms with Crippen molar-refractivity contribution in [3.05, 3.63) is 23.3 Å². The lowest BCUT2D eigenvalue weighted by Crippen LogP contribution is -2.63. The molecule has 3 fully saturated rings. The van der Waals surface area contributed by atoms with E-state index in [1.165, 1.54) is 5.57 Å². The summed E-state index contributed by atoms with van der Waals surface area (Å²) in [5, 5.41) is 21.4. The molecule has 0 bridgehead atoms. The van der Waals surface area contributed by atoms with Crippen LogP contribution in [0, 0.1) is 44.3 Å². The summed E-state index contributed by atoms with van der Waals surface area (Å²) in [7, 11) is 0. The number of Topliss-reactive ketones (excluding diaryl/α,β-unsaturated/α-hetero) is 1. The van der Waals surface area contributed by atoms with Gasteiger partial charge in [0.1, 0.15) is 5.78 Å². The molecule has 188 valence electrons. The third-order valence-corrected chi connectivity index (χ3v) is 12.4. The van der Waals surface area contributed by atoms with Gasteiger partial charge in [-0.1, -0.05) is 60.6 Å². The monoisotopic (exact) mass is 468 g/mol. The van der Waals surface area contributed by atoms with Crippen molar-refractivity contribution in [3.63, 3.8) is 0 Å². The number of ketones is 1. The van der Waals surface area contributed by atoms with Crippen molar-refractivity contribution in [3.8, 4) is 0 Å². The summed E-state index contributed by atoms with van der Waals surface area (Å²) in [6.07, 6.45) is 10.2. The Balaban J connectivity index is 1.69. The van der Waals surface area contributed by atoms with Crippen molar-refractivity contribution >= 4 is 11.8 Å². The van der Waals surface area contributed by atoms with Crippen molar-refractivity contribution in [2.75, 3.05) is 0 Å². The number of carbonyl (C=O) groups excluding carboxylic acids is 1. The van der Waals surface area contributed by atoms with Gasteiger partial charge in [0.15, 0.2) is 0 Å². The zero-order valence-electron chi connectivity index (χ0n) is 22.3. The molecule has 0 heterocycles. The number of hydrogen-bond acceptors (Lipinski definition) is 3. The van der Waals surface area contributed by atoms with E-state index in [9.17, 15) is 19.8 Å². The van der Waals surface area contributed by atoms with Gasteiger partial charge in [-0.15, -0.1) is 0 Å². The molecule has 0 spiro atoms. The van der Waals surface area contributed by atoms with Crippen molar-refractivity contribution in [2.24, 2.45) is 44.3 Å². The van der Waals surface area contributed by atoms with Crippen LogP contribution in [0.1, 0.15) is 99.8 Å². The van der Waals surface area contributed by atoms with E-state index in [0.717, 1.165) is 31.3 Å². The van der Waals surface area contributed by atoms with Crippen LogP contribution in [-0.4, -0.2) is 28.1 Å². The fourth-order valence-electron chi connectivity index (χ4n) is 9.74. The number of aliphatic hydroxyl groups is 1. The SMILES string of the molecule is CC1(C)CC2=C3C=CC4C5(C)CCC(=O)C(C)(C)C5CCC4(C)C3(C)CCC2(C(=O)O)CC1O. The largest absolute Gasteiger partial charge is 0.481 e. The number of carbonyl (C=O) groups is 2. The van der Waals surface area contributed by atoms with Crippen LogP contribution in [0.25, 0.3) is 0 Å². The van der Waals surface area contributed by atoms with Gasteiger partial charge in [0.25, 0.3) is 0 Å². The van der Waals surface area contributed by atoms with Gasteiger partial charge in [0.2, 0.25) is 0 Å². The Morgan fingerprint density at radius 3 is 2.32 bits per heavy atom. The highest BCUT2D eigenvalue weighted by molar-refractivity contribution is 5.85. The normalized spacial score (nSPS) is 48.9. The van der Waals surface area contributed by atoms with Gasteiger partial charge >= 0.3 is 5.97 Å². The molecule has 7 atom stereocenters. The minimum absolute atomic E-state index is 0.0245. The van der Waals surface area contributed by atoms with Crippen LogP contribution in [0.2, 0.25) is 0 Å². The molecule has 0 radical (unpaired) electrons. The predicted octanol–water partition coefficient (Wildman–Crippen LogP) is 6.33. The van der Waals surface area contributed by atoms with Crippen LogP contribution in [0.3, 0.4) is 0 Å². The minimum atomic E-state index is -0.947. The average Bonchev–Trinajstić information content (AvgIpc) is 2.72. The summed E-state index contributed by atoms with van der Waals surface area (Å²) in [5.74, 6) is 0.405. The highest BCUT2D eigenvalue weighted by Crippen LogP contribution is 2.73. The Labute approximate surface area is 205 Å². The Morgan fingerprint density at radius 2 is 1.68 bits per heavy atom. The molecule has 0 aliphatic heterocycles. The van der Waals surface area contributed by atoms with Crippen molar-refractivity contribution in [2.45, 2.75) is 106 Å². The molecule has 0 aromatic heterocycles. The maximum atomic E-state index is 12.9. The predicted molar refractivity (Wildman–Crippen MR) is 133 cm³/mol. The molecule has 0 aromatic rings. The fourth-order valence-corrected chi connectivity index (χ4v) is 9.74. The smallest absolute Gasteiger partial charge is 0.313 e. The summed E-state index contributed by atoms with van der Waals surface area (Å²) in [5.41, 5.74) is 0.759. The maximum absolute atomic E-state index is 12.9. The second-order valence-corrected chi connectivity index (χ2v) is 14.5. The highest BCUT2D eigenvalue weighted by atomic mass is 16.4. The third-order valence-electron chi connectivity index (χ3n) is 12.4. The number of carboxylic acids is 1. The molecule has 0 aromatic carbocycles. The van der Waals surface area contributed by atoms with Gasteiger partial charge in [-0.05, 0) is 89.6 Å². The molecule has 3 saturated carbocycles. The second kappa shape index (κ2) is 6.87. The number of aliphatic hydroxyl groups excluding tert-OH is 1. The lowest BCUT2D eigenvalue weighted by atomic mass is 9.35. The van der Waals surface area contributed by atoms with Crippen LogP contribution in [0.15, 0.2) is 23.3 Å². The molecule has 5 aliphatic carbocycles. The van der Waals surface area contributed by atoms with E-state index < -0.39 is 17.5 Å². The van der Waals surface area contributed by atoms with E-state index in [-0.39, 0.29) is 27.1 Å². The number of aliphatic carboxylic acids is 1. The summed E-state index contributed by atoms with van der Waals surface area (Å²) >= 11 is 0. The fraction of sp³-hybridized carbons (Fsp3) is 0.800. The molecule has 4 heteroatoms. The van der Waals surface area contributed by atoms with Crippen molar-refractivity contribution < 1.29 is 19.8 Å². The minimum Gasteiger partial charge on any atom is -0.481 e. The molecule has 5 rings (SSSR count). The number of fused-ring (bicyclic) bond motifs is 6. The van der Waals surface area contributed by atoms with E-state index >= 15 is 0 Å². The first-order valence-corrected chi connectivity index (χ1v) is 13.4. The van der Waals surface area contributed by atoms with E-state index in [1.807, 2.05) is 0 Å². The Kier molecular flexibility index (Phi) is 4.90. The molecule has 4 nitrogen and oxygen atoms in total. The number of carboxylic acid groups (broad SMARTS) is 1. The van der Waals surface area contributed by atoms with Gasteiger partial charge in [0, 0.05) is 11.8 Å². The highest BCUT2D eigenvalue weighted by Gasteiger charge is 2.67. The number of hydrogen-bond donors (Lipinski definition) is 2. The van der Waals surface area contributed by atoms with Gasteiger partial charge in [-0.2, -0.15) is 0 Å². The molecule has 0 amide bonds. The summed E-state index contributed by atoms with van der Waals surface area (Å²) in [4.78, 5) is 25.6. The van der Waals surface area contributed by atoms with Crippen LogP contribution in [-0.2, 0) is 9.59 Å². The first-order valence-electron chi connectivity index (χ1n) is 13.4. The zero-order valence-corrected chi connectivity index (χ0v) is 22.3. The summed E-state index contributed by atoms with van der Waals surface area (Å²) < 4.78 is 0. The Hall–Kier alpha value is -1.42. The van der Waals surface area contributed by atoms with Gasteiger partial charge in [-0.25, -0.2) is 0 Å². The van der Waals surface area contributed by atoms with E-state index in [2.05, 4.69) is 60.6 Å². The van der Waals surface area contributed by atoms with Gasteiger partial charge < -0.3 is 10.2 Å². The number of rotatable bonds is 1. The van der Waals surface area contributed by atoms with Gasteiger partial charge in [-0.3, -0.25) is 9.59 Å². The molecular weight excluding hydrogens is 424 g/mol. The molecular formula is C30H44O4. The van der Waals surface area contributed by atoms with E-state index in [4.69, 9.17) is 0 Å². The lowest BCUT2D eigenvalue weighted by molar-refractivity contribution is -0.170. The molecule has 34 heavy (non-hydrogen) atoms. The number of allylic oxidation sites excluding steroid dienone is 3. The Bertz CT molecular complexity index is 1020. The third kappa shape index (κ3) is 2.70. The Morgan fingerprint density at radius 1 is 1.00 bits per heavy atom. The maximum Gasteiger partial charge on any atom is 0.313 e. The first-order chi connectivity index (χ1) is 15.6. The standard InChI is InChI=1S/C30H44O4/c1-25(2)16-19-18-8-9-21-27(5)12-11-22(31)26(3,4)20(27)10-13-29(21,7)28(18,6)14-15-30(19,24(33)34)17-23(25)32/h8-9,20-21,23,32H,10-17H2,1-7H3,(H,33,34). The second-order valence-electron chi connectivity index (χ2n) is 14.5.